The summed E-state index contributed by atoms with van der Waals surface area (Å²) in [5.41, 5.74) is 3.49. The molecule has 0 N–H and O–H groups in total. The van der Waals surface area contributed by atoms with E-state index >= 15 is 0 Å². The Bertz CT molecular complexity index is 1270. The third-order valence-electron chi connectivity index (χ3n) is 8.29. The third kappa shape index (κ3) is 5.58. The Morgan fingerprint density at radius 1 is 1.11 bits per heavy atom. The van der Waals surface area contributed by atoms with E-state index < -0.39 is 0 Å². The molecule has 1 unspecified atom stereocenters. The Balaban J connectivity index is 1.39. The number of halogens is 1. The molecule has 2 aromatic carbocycles. The van der Waals surface area contributed by atoms with Gasteiger partial charge in [0.2, 0.25) is 11.3 Å². The van der Waals surface area contributed by atoms with Gasteiger partial charge in [-0.05, 0) is 75.1 Å². The summed E-state index contributed by atoms with van der Waals surface area (Å²) >= 11 is 0. The van der Waals surface area contributed by atoms with Gasteiger partial charge in [-0.3, -0.25) is 4.79 Å². The molecule has 6 nitrogen and oxygen atoms in total. The quantitative estimate of drug-likeness (QED) is 0.278. The van der Waals surface area contributed by atoms with E-state index in [2.05, 4.69) is 16.8 Å². The lowest BCUT2D eigenvalue weighted by atomic mass is 9.98. The number of oxazole rings is 1. The Hall–Kier alpha value is -2.93. The summed E-state index contributed by atoms with van der Waals surface area (Å²) in [5, 5.41) is 0. The number of fused-ring (bicyclic) bond motifs is 1. The molecule has 0 spiro atoms. The number of carbonyl (C=O) groups excluding carboxylic acids is 1. The van der Waals surface area contributed by atoms with Crippen molar-refractivity contribution >= 4 is 16.9 Å². The SMILES string of the molecule is CC(=O)c1c(OC2CCN(C3CCCC3)CC2)c(OCCC(C)c2ccc(F)cc2)c2oc(C)nc2c1C. The first kappa shape index (κ1) is 26.7. The second-order valence-corrected chi connectivity index (χ2v) is 11.0. The molecule has 1 saturated carbocycles. The average molecular weight is 523 g/mol. The number of piperidine rings is 1. The van der Waals surface area contributed by atoms with Crippen LogP contribution in [-0.4, -0.2) is 47.5 Å². The smallest absolute Gasteiger partial charge is 0.207 e. The first-order valence-corrected chi connectivity index (χ1v) is 14.1. The molecule has 1 aliphatic heterocycles. The van der Waals surface area contributed by atoms with Crippen molar-refractivity contribution in [2.45, 2.75) is 90.7 Å². The first-order valence-electron chi connectivity index (χ1n) is 14.1. The molecule has 1 atom stereocenters. The zero-order chi connectivity index (χ0) is 26.8. The number of nitrogens with zero attached hydrogens (tertiary/aromatic N) is 2. The molecule has 0 bridgehead atoms. The van der Waals surface area contributed by atoms with Gasteiger partial charge in [-0.2, -0.15) is 0 Å². The lowest BCUT2D eigenvalue weighted by molar-refractivity contribution is 0.0731. The Morgan fingerprint density at radius 2 is 1.79 bits per heavy atom. The molecule has 1 aromatic heterocycles. The average Bonchev–Trinajstić information content (AvgIpc) is 3.57. The Labute approximate surface area is 224 Å². The summed E-state index contributed by atoms with van der Waals surface area (Å²) in [6, 6.07) is 7.29. The Kier molecular flexibility index (Phi) is 8.03. The number of likely N-dealkylation sites (tertiary alicyclic amines) is 1. The van der Waals surface area contributed by atoms with Gasteiger partial charge in [0.15, 0.2) is 17.4 Å². The molecule has 1 aliphatic carbocycles. The van der Waals surface area contributed by atoms with Crippen LogP contribution >= 0.6 is 0 Å². The minimum atomic E-state index is -0.243. The van der Waals surface area contributed by atoms with Crippen molar-refractivity contribution in [1.29, 1.82) is 0 Å². The van der Waals surface area contributed by atoms with E-state index in [9.17, 15) is 9.18 Å². The number of hydrogen-bond donors (Lipinski definition) is 0. The van der Waals surface area contributed by atoms with Crippen molar-refractivity contribution in [2.24, 2.45) is 0 Å². The molecule has 0 radical (unpaired) electrons. The largest absolute Gasteiger partial charge is 0.486 e. The zero-order valence-corrected chi connectivity index (χ0v) is 23.0. The van der Waals surface area contributed by atoms with E-state index in [0.29, 0.717) is 53.1 Å². The predicted molar refractivity (Wildman–Crippen MR) is 146 cm³/mol. The number of hydrogen-bond acceptors (Lipinski definition) is 6. The van der Waals surface area contributed by atoms with Crippen molar-refractivity contribution in [3.8, 4) is 11.5 Å². The van der Waals surface area contributed by atoms with Gasteiger partial charge in [0.05, 0.1) is 12.2 Å². The fraction of sp³-hybridized carbons (Fsp3) is 0.548. The molecule has 5 rings (SSSR count). The van der Waals surface area contributed by atoms with Gasteiger partial charge in [-0.15, -0.1) is 0 Å². The lowest BCUT2D eigenvalue weighted by Crippen LogP contribution is -2.43. The fourth-order valence-electron chi connectivity index (χ4n) is 6.10. The number of rotatable bonds is 9. The number of benzene rings is 2. The number of aromatic nitrogens is 1. The first-order chi connectivity index (χ1) is 18.3. The van der Waals surface area contributed by atoms with Crippen molar-refractivity contribution in [3.05, 3.63) is 52.7 Å². The predicted octanol–water partition coefficient (Wildman–Crippen LogP) is 7.14. The van der Waals surface area contributed by atoms with Gasteiger partial charge in [0, 0.05) is 26.1 Å². The van der Waals surface area contributed by atoms with Gasteiger partial charge in [-0.25, -0.2) is 9.37 Å². The van der Waals surface area contributed by atoms with Gasteiger partial charge in [0.25, 0.3) is 0 Å². The molecule has 7 heteroatoms. The molecule has 0 amide bonds. The number of Topliss-reactive ketones (excluding diaryl/α,β-unsaturated/α-hetero) is 1. The van der Waals surface area contributed by atoms with Crippen molar-refractivity contribution < 1.29 is 23.1 Å². The van der Waals surface area contributed by atoms with E-state index in [-0.39, 0.29) is 23.6 Å². The molecule has 1 saturated heterocycles. The van der Waals surface area contributed by atoms with Gasteiger partial charge < -0.3 is 18.8 Å². The molecule has 38 heavy (non-hydrogen) atoms. The van der Waals surface area contributed by atoms with E-state index in [1.54, 1.807) is 13.8 Å². The van der Waals surface area contributed by atoms with Gasteiger partial charge in [0.1, 0.15) is 17.4 Å². The fourth-order valence-corrected chi connectivity index (χ4v) is 6.10. The van der Waals surface area contributed by atoms with Crippen LogP contribution in [0.4, 0.5) is 4.39 Å². The topological polar surface area (TPSA) is 64.8 Å². The molecular weight excluding hydrogens is 483 g/mol. The summed E-state index contributed by atoms with van der Waals surface area (Å²) < 4.78 is 32.4. The van der Waals surface area contributed by atoms with Crippen molar-refractivity contribution in [2.75, 3.05) is 19.7 Å². The van der Waals surface area contributed by atoms with Crippen LogP contribution in [-0.2, 0) is 0 Å². The minimum Gasteiger partial charge on any atom is -0.486 e. The van der Waals surface area contributed by atoms with Crippen LogP contribution in [0.15, 0.2) is 28.7 Å². The van der Waals surface area contributed by atoms with Crippen LogP contribution in [0.2, 0.25) is 0 Å². The van der Waals surface area contributed by atoms with E-state index in [4.69, 9.17) is 13.9 Å². The van der Waals surface area contributed by atoms with E-state index in [1.807, 2.05) is 19.1 Å². The van der Waals surface area contributed by atoms with Gasteiger partial charge >= 0.3 is 0 Å². The van der Waals surface area contributed by atoms with Crippen LogP contribution in [0.25, 0.3) is 11.1 Å². The van der Waals surface area contributed by atoms with Crippen LogP contribution in [0.3, 0.4) is 0 Å². The normalized spacial score (nSPS) is 18.2. The summed E-state index contributed by atoms with van der Waals surface area (Å²) in [6.07, 6.45) is 7.82. The second-order valence-electron chi connectivity index (χ2n) is 11.0. The van der Waals surface area contributed by atoms with Gasteiger partial charge in [-0.1, -0.05) is 31.9 Å². The summed E-state index contributed by atoms with van der Waals surface area (Å²) in [5.74, 6) is 1.31. The summed E-state index contributed by atoms with van der Waals surface area (Å²) in [6.45, 7) is 9.78. The summed E-state index contributed by atoms with van der Waals surface area (Å²) in [4.78, 5) is 20.1. The highest BCUT2D eigenvalue weighted by Gasteiger charge is 2.32. The van der Waals surface area contributed by atoms with Crippen LogP contribution < -0.4 is 9.47 Å². The molecule has 204 valence electrons. The molecule has 2 heterocycles. The molecule has 2 fully saturated rings. The monoisotopic (exact) mass is 522 g/mol. The maximum Gasteiger partial charge on any atom is 0.207 e. The third-order valence-corrected chi connectivity index (χ3v) is 8.29. The highest BCUT2D eigenvalue weighted by molar-refractivity contribution is 6.05. The van der Waals surface area contributed by atoms with Crippen molar-refractivity contribution in [1.82, 2.24) is 9.88 Å². The van der Waals surface area contributed by atoms with E-state index in [1.165, 1.54) is 37.8 Å². The lowest BCUT2D eigenvalue weighted by Gasteiger charge is -2.36. The zero-order valence-electron chi connectivity index (χ0n) is 23.0. The molecule has 3 aromatic rings. The van der Waals surface area contributed by atoms with Crippen LogP contribution in [0.1, 0.15) is 92.1 Å². The Morgan fingerprint density at radius 3 is 2.45 bits per heavy atom. The van der Waals surface area contributed by atoms with Crippen molar-refractivity contribution in [3.63, 3.8) is 0 Å². The number of ketones is 1. The summed E-state index contributed by atoms with van der Waals surface area (Å²) in [7, 11) is 0. The minimum absolute atomic E-state index is 0.00658. The highest BCUT2D eigenvalue weighted by Crippen LogP contribution is 2.44. The second kappa shape index (κ2) is 11.4. The van der Waals surface area contributed by atoms with E-state index in [0.717, 1.165) is 37.1 Å². The number of ether oxygens (including phenoxy) is 2. The highest BCUT2D eigenvalue weighted by atomic mass is 19.1. The molecule has 2 aliphatic rings. The maximum atomic E-state index is 13.4. The molecular formula is C31H39FN2O4. The standard InChI is InChI=1S/C31H39FN2O4/c1-19(23-9-11-24(32)12-10-23)15-18-36-31-29(27(21(3)35)20(2)28-30(31)37-22(4)33-28)38-26-13-16-34(17-14-26)25-7-5-6-8-25/h9-12,19,25-26H,5-8,13-18H2,1-4H3. The van der Waals surface area contributed by atoms with Crippen LogP contribution in [0, 0.1) is 19.7 Å². The number of aryl methyl sites for hydroxylation is 2. The maximum absolute atomic E-state index is 13.4. The number of carbonyl (C=O) groups is 1. The van der Waals surface area contributed by atoms with Crippen LogP contribution in [0.5, 0.6) is 11.5 Å².